The summed E-state index contributed by atoms with van der Waals surface area (Å²) in [7, 11) is 1.57. The van der Waals surface area contributed by atoms with Gasteiger partial charge in [0, 0.05) is 23.3 Å². The van der Waals surface area contributed by atoms with E-state index in [-0.39, 0.29) is 12.2 Å². The summed E-state index contributed by atoms with van der Waals surface area (Å²) in [5.41, 5.74) is 9.70. The van der Waals surface area contributed by atoms with Gasteiger partial charge in [-0.25, -0.2) is 0 Å². The van der Waals surface area contributed by atoms with Crippen LogP contribution < -0.4 is 25.8 Å². The number of aliphatic hydroxyl groups is 1. The van der Waals surface area contributed by atoms with E-state index in [0.717, 1.165) is 36.3 Å². The fourth-order valence-electron chi connectivity index (χ4n) is 3.80. The molecule has 1 amide bonds. The lowest BCUT2D eigenvalue weighted by molar-refractivity contribution is 0.100. The number of aliphatic hydroxyl groups excluding tert-OH is 1. The molecule has 1 aromatic heterocycles. The SMILES string of the molecule is CCNCCCOc1cc2ncc(C(N)=O)c(Nc3cccc(CO)c3CC)c2cc1OC. The van der Waals surface area contributed by atoms with Crippen molar-refractivity contribution < 1.29 is 19.4 Å². The maximum absolute atomic E-state index is 12.2. The van der Waals surface area contributed by atoms with Crippen molar-refractivity contribution in [3.8, 4) is 11.5 Å². The number of nitrogens with one attached hydrogen (secondary N) is 2. The molecule has 0 aliphatic carbocycles. The van der Waals surface area contributed by atoms with Crippen LogP contribution in [0.4, 0.5) is 11.4 Å². The van der Waals surface area contributed by atoms with Gasteiger partial charge in [0.1, 0.15) is 0 Å². The van der Waals surface area contributed by atoms with Crippen molar-refractivity contribution in [2.45, 2.75) is 33.3 Å². The van der Waals surface area contributed by atoms with Crippen molar-refractivity contribution in [3.05, 3.63) is 53.2 Å². The molecule has 0 bridgehead atoms. The van der Waals surface area contributed by atoms with Crippen molar-refractivity contribution >= 4 is 28.2 Å². The van der Waals surface area contributed by atoms with E-state index in [1.54, 1.807) is 13.2 Å². The smallest absolute Gasteiger partial charge is 0.252 e. The number of ether oxygens (including phenoxy) is 2. The maximum atomic E-state index is 12.2. The second-order valence-electron chi connectivity index (χ2n) is 7.57. The maximum Gasteiger partial charge on any atom is 0.252 e. The number of pyridine rings is 1. The van der Waals surface area contributed by atoms with Crippen LogP contribution in [0, 0.1) is 0 Å². The molecule has 0 fully saturated rings. The highest BCUT2D eigenvalue weighted by Crippen LogP contribution is 2.38. The number of amides is 1. The van der Waals surface area contributed by atoms with Gasteiger partial charge in [-0.1, -0.05) is 26.0 Å². The molecule has 0 saturated carbocycles. The number of fused-ring (bicyclic) bond motifs is 1. The first-order chi connectivity index (χ1) is 16.0. The molecule has 0 spiro atoms. The normalized spacial score (nSPS) is 10.9. The molecule has 3 aromatic rings. The van der Waals surface area contributed by atoms with Gasteiger partial charge in [-0.2, -0.15) is 0 Å². The minimum absolute atomic E-state index is 0.0687. The number of hydrogen-bond acceptors (Lipinski definition) is 7. The monoisotopic (exact) mass is 452 g/mol. The average molecular weight is 453 g/mol. The van der Waals surface area contributed by atoms with Crippen LogP contribution in [0.2, 0.25) is 0 Å². The highest BCUT2D eigenvalue weighted by molar-refractivity contribution is 6.08. The zero-order chi connectivity index (χ0) is 23.8. The molecule has 5 N–H and O–H groups in total. The van der Waals surface area contributed by atoms with E-state index in [1.165, 1.54) is 6.20 Å². The molecule has 8 heteroatoms. The Balaban J connectivity index is 2.06. The van der Waals surface area contributed by atoms with E-state index >= 15 is 0 Å². The van der Waals surface area contributed by atoms with Gasteiger partial charge in [-0.05, 0) is 49.2 Å². The van der Waals surface area contributed by atoms with Gasteiger partial charge >= 0.3 is 0 Å². The Hall–Kier alpha value is -3.36. The summed E-state index contributed by atoms with van der Waals surface area (Å²) < 4.78 is 11.5. The van der Waals surface area contributed by atoms with Crippen LogP contribution in [0.1, 0.15) is 41.8 Å². The van der Waals surface area contributed by atoms with Crippen molar-refractivity contribution in [1.82, 2.24) is 10.3 Å². The highest BCUT2D eigenvalue weighted by atomic mass is 16.5. The summed E-state index contributed by atoms with van der Waals surface area (Å²) in [4.78, 5) is 16.7. The fraction of sp³-hybridized carbons (Fsp3) is 0.360. The summed E-state index contributed by atoms with van der Waals surface area (Å²) in [6.07, 6.45) is 3.04. The van der Waals surface area contributed by atoms with E-state index in [9.17, 15) is 9.90 Å². The molecule has 2 aromatic carbocycles. The first-order valence-electron chi connectivity index (χ1n) is 11.2. The lowest BCUT2D eigenvalue weighted by Gasteiger charge is -2.19. The second kappa shape index (κ2) is 11.5. The average Bonchev–Trinajstić information content (AvgIpc) is 2.83. The molecule has 0 saturated heterocycles. The van der Waals surface area contributed by atoms with Gasteiger partial charge < -0.3 is 30.9 Å². The number of rotatable bonds is 12. The van der Waals surface area contributed by atoms with Crippen molar-refractivity contribution in [3.63, 3.8) is 0 Å². The Morgan fingerprint density at radius 2 is 2.03 bits per heavy atom. The van der Waals surface area contributed by atoms with Crippen molar-refractivity contribution in [2.24, 2.45) is 5.73 Å². The van der Waals surface area contributed by atoms with Crippen LogP contribution in [0.3, 0.4) is 0 Å². The molecule has 8 nitrogen and oxygen atoms in total. The van der Waals surface area contributed by atoms with Crippen LogP contribution in [-0.2, 0) is 13.0 Å². The van der Waals surface area contributed by atoms with Crippen LogP contribution in [0.5, 0.6) is 11.5 Å². The number of nitrogens with two attached hydrogens (primary N) is 1. The Labute approximate surface area is 194 Å². The lowest BCUT2D eigenvalue weighted by Crippen LogP contribution is -2.16. The number of methoxy groups -OCH3 is 1. The zero-order valence-electron chi connectivity index (χ0n) is 19.4. The van der Waals surface area contributed by atoms with Gasteiger partial charge in [0.15, 0.2) is 11.5 Å². The summed E-state index contributed by atoms with van der Waals surface area (Å²) in [5, 5.41) is 17.0. The first kappa shape index (κ1) is 24.3. The predicted octanol–water partition coefficient (Wildman–Crippen LogP) is 3.52. The molecule has 0 atom stereocenters. The number of hydrogen-bond donors (Lipinski definition) is 4. The number of carbonyl (C=O) groups is 1. The van der Waals surface area contributed by atoms with Gasteiger partial charge in [0.05, 0.1) is 37.1 Å². The Morgan fingerprint density at radius 1 is 1.21 bits per heavy atom. The second-order valence-corrected chi connectivity index (χ2v) is 7.57. The Kier molecular flexibility index (Phi) is 8.46. The van der Waals surface area contributed by atoms with Crippen LogP contribution in [-0.4, -0.2) is 42.8 Å². The first-order valence-corrected chi connectivity index (χ1v) is 11.2. The van der Waals surface area contributed by atoms with Gasteiger partial charge in [0.2, 0.25) is 0 Å². The molecular formula is C25H32N4O4. The van der Waals surface area contributed by atoms with Gasteiger partial charge in [-0.15, -0.1) is 0 Å². The standard InChI is InChI=1S/C25H32N4O4/c1-4-17-16(15-30)8-6-9-20(17)29-24-18-12-22(32-3)23(33-11-7-10-27-5-2)13-21(18)28-14-19(24)25(26)31/h6,8-9,12-14,27,30H,4-5,7,10-11,15H2,1-3H3,(H2,26,31)(H,28,29). The molecule has 33 heavy (non-hydrogen) atoms. The van der Waals surface area contributed by atoms with Crippen LogP contribution in [0.15, 0.2) is 36.5 Å². The van der Waals surface area contributed by atoms with E-state index in [0.29, 0.717) is 41.1 Å². The van der Waals surface area contributed by atoms with Crippen molar-refractivity contribution in [1.29, 1.82) is 0 Å². The lowest BCUT2D eigenvalue weighted by atomic mass is 10.0. The summed E-state index contributed by atoms with van der Waals surface area (Å²) in [6, 6.07) is 9.27. The number of nitrogens with zero attached hydrogens (tertiary/aromatic N) is 1. The van der Waals surface area contributed by atoms with E-state index in [1.807, 2.05) is 31.2 Å². The molecule has 0 aliphatic rings. The predicted molar refractivity (Wildman–Crippen MR) is 130 cm³/mol. The van der Waals surface area contributed by atoms with E-state index in [4.69, 9.17) is 15.2 Å². The number of anilines is 2. The van der Waals surface area contributed by atoms with Gasteiger partial charge in [-0.3, -0.25) is 9.78 Å². The molecule has 176 valence electrons. The zero-order valence-corrected chi connectivity index (χ0v) is 19.4. The number of benzene rings is 2. The van der Waals surface area contributed by atoms with E-state index in [2.05, 4.69) is 22.5 Å². The molecule has 3 rings (SSSR count). The molecular weight excluding hydrogens is 420 g/mol. The minimum Gasteiger partial charge on any atom is -0.493 e. The number of aromatic nitrogens is 1. The Morgan fingerprint density at radius 3 is 2.70 bits per heavy atom. The third-order valence-corrected chi connectivity index (χ3v) is 5.48. The summed E-state index contributed by atoms with van der Waals surface area (Å²) in [6.45, 7) is 6.33. The molecule has 0 unspecified atom stereocenters. The number of primary amides is 1. The van der Waals surface area contributed by atoms with Crippen LogP contribution >= 0.6 is 0 Å². The van der Waals surface area contributed by atoms with Crippen molar-refractivity contribution in [2.75, 3.05) is 32.1 Å². The number of carbonyl (C=O) groups excluding carboxylic acids is 1. The van der Waals surface area contributed by atoms with E-state index < -0.39 is 5.91 Å². The summed E-state index contributed by atoms with van der Waals surface area (Å²) >= 11 is 0. The topological polar surface area (TPSA) is 119 Å². The quantitative estimate of drug-likeness (QED) is 0.311. The molecule has 1 heterocycles. The largest absolute Gasteiger partial charge is 0.493 e. The fourth-order valence-corrected chi connectivity index (χ4v) is 3.80. The minimum atomic E-state index is -0.592. The molecule has 0 aliphatic heterocycles. The van der Waals surface area contributed by atoms with Gasteiger partial charge in [0.25, 0.3) is 5.91 Å². The third-order valence-electron chi connectivity index (χ3n) is 5.48. The molecule has 0 radical (unpaired) electrons. The van der Waals surface area contributed by atoms with Crippen LogP contribution in [0.25, 0.3) is 10.9 Å². The highest BCUT2D eigenvalue weighted by Gasteiger charge is 2.18. The summed E-state index contributed by atoms with van der Waals surface area (Å²) in [5.74, 6) is 0.534. The Bertz CT molecular complexity index is 1120. The third kappa shape index (κ3) is 5.53.